The van der Waals surface area contributed by atoms with Crippen LogP contribution >= 0.6 is 0 Å². The molecule has 3 nitrogen and oxygen atoms in total. The van der Waals surface area contributed by atoms with Crippen molar-refractivity contribution in [3.63, 3.8) is 0 Å². The normalized spacial score (nSPS) is 35.1. The topological polar surface area (TPSA) is 29.5 Å². The zero-order valence-electron chi connectivity index (χ0n) is 7.25. The first-order valence-corrected chi connectivity index (χ1v) is 4.35. The average Bonchev–Trinajstić information content (AvgIpc) is 2.18. The summed E-state index contributed by atoms with van der Waals surface area (Å²) in [7, 11) is 1.45. The van der Waals surface area contributed by atoms with E-state index in [1.165, 1.54) is 7.11 Å². The van der Waals surface area contributed by atoms with E-state index >= 15 is 0 Å². The van der Waals surface area contributed by atoms with E-state index in [2.05, 4.69) is 4.90 Å². The minimum atomic E-state index is -0.149. The van der Waals surface area contributed by atoms with Crippen molar-refractivity contribution in [2.24, 2.45) is 5.92 Å². The van der Waals surface area contributed by atoms with E-state index in [0.29, 0.717) is 5.92 Å². The molecule has 3 fully saturated rings. The van der Waals surface area contributed by atoms with Crippen molar-refractivity contribution in [1.82, 2.24) is 4.90 Å². The molecular formula is C9H13NO2. The predicted octanol–water partition coefficient (Wildman–Crippen LogP) is 0.621. The van der Waals surface area contributed by atoms with Crippen LogP contribution in [-0.4, -0.2) is 31.1 Å². The van der Waals surface area contributed by atoms with Crippen molar-refractivity contribution in [2.45, 2.75) is 12.8 Å². The highest BCUT2D eigenvalue weighted by atomic mass is 16.5. The number of hydrogen-bond donors (Lipinski definition) is 0. The summed E-state index contributed by atoms with van der Waals surface area (Å²) in [6.45, 7) is 4.17. The van der Waals surface area contributed by atoms with Crippen LogP contribution in [0, 0.1) is 18.4 Å². The van der Waals surface area contributed by atoms with Gasteiger partial charge in [-0.1, -0.05) is 0 Å². The zero-order valence-corrected chi connectivity index (χ0v) is 7.25. The van der Waals surface area contributed by atoms with Gasteiger partial charge in [0.25, 0.3) is 0 Å². The summed E-state index contributed by atoms with van der Waals surface area (Å²) in [5.74, 6) is 1.18. The Bertz CT molecular complexity index is 185. The Labute approximate surface area is 72.7 Å². The van der Waals surface area contributed by atoms with Crippen molar-refractivity contribution in [3.05, 3.63) is 12.5 Å². The molecule has 0 unspecified atom stereocenters. The van der Waals surface area contributed by atoms with E-state index < -0.39 is 0 Å². The summed E-state index contributed by atoms with van der Waals surface area (Å²) in [6, 6.07) is 0. The number of rotatable bonds is 1. The molecule has 66 valence electrons. The Morgan fingerprint density at radius 1 is 1.58 bits per heavy atom. The van der Waals surface area contributed by atoms with Gasteiger partial charge in [0.05, 0.1) is 7.11 Å². The lowest BCUT2D eigenvalue weighted by molar-refractivity contribution is -0.140. The molecule has 0 aromatic carbocycles. The number of hydrogen-bond acceptors (Lipinski definition) is 3. The second-order valence-electron chi connectivity index (χ2n) is 3.39. The lowest BCUT2D eigenvalue weighted by atomic mass is 9.79. The molecule has 0 saturated carbocycles. The second kappa shape index (κ2) is 3.05. The van der Waals surface area contributed by atoms with E-state index in [1.54, 1.807) is 0 Å². The minimum Gasteiger partial charge on any atom is -0.469 e. The van der Waals surface area contributed by atoms with E-state index in [0.717, 1.165) is 31.8 Å². The molecule has 3 heteroatoms. The van der Waals surface area contributed by atoms with Crippen LogP contribution in [0.4, 0.5) is 0 Å². The molecule has 2 radical (unpaired) electrons. The van der Waals surface area contributed by atoms with Gasteiger partial charge in [0.2, 0.25) is 0 Å². The molecule has 2 bridgehead atoms. The van der Waals surface area contributed by atoms with Gasteiger partial charge in [-0.3, -0.25) is 9.69 Å². The van der Waals surface area contributed by atoms with Gasteiger partial charge < -0.3 is 4.74 Å². The highest BCUT2D eigenvalue weighted by Gasteiger charge is 2.39. The summed E-state index contributed by atoms with van der Waals surface area (Å²) in [5.41, 5.74) is 0. The third kappa shape index (κ3) is 1.22. The van der Waals surface area contributed by atoms with E-state index in [4.69, 9.17) is 4.74 Å². The van der Waals surface area contributed by atoms with Crippen LogP contribution in [0.15, 0.2) is 0 Å². The number of esters is 1. The smallest absolute Gasteiger partial charge is 0.315 e. The van der Waals surface area contributed by atoms with Gasteiger partial charge in [-0.15, -0.1) is 0 Å². The molecule has 0 spiro atoms. The molecule has 3 rings (SSSR count). The highest BCUT2D eigenvalue weighted by molar-refractivity contribution is 5.87. The first-order valence-electron chi connectivity index (χ1n) is 4.35. The van der Waals surface area contributed by atoms with Crippen molar-refractivity contribution in [2.75, 3.05) is 20.2 Å². The molecule has 0 aromatic rings. The summed E-state index contributed by atoms with van der Waals surface area (Å²) >= 11 is 0. The highest BCUT2D eigenvalue weighted by Crippen LogP contribution is 2.36. The molecule has 0 N–H and O–H groups in total. The van der Waals surface area contributed by atoms with Gasteiger partial charge in [0.15, 0.2) is 0 Å². The largest absolute Gasteiger partial charge is 0.469 e. The maximum atomic E-state index is 11.2. The van der Waals surface area contributed by atoms with E-state index in [-0.39, 0.29) is 5.97 Å². The van der Waals surface area contributed by atoms with Crippen LogP contribution in [-0.2, 0) is 9.53 Å². The number of ether oxygens (including phenoxy) is 1. The number of piperidine rings is 3. The maximum absolute atomic E-state index is 11.2. The lowest BCUT2D eigenvalue weighted by Crippen LogP contribution is -2.45. The third-order valence-electron chi connectivity index (χ3n) is 2.71. The first-order chi connectivity index (χ1) is 5.81. The number of methoxy groups -OCH3 is 1. The minimum absolute atomic E-state index is 0.149. The summed E-state index contributed by atoms with van der Waals surface area (Å²) in [6.07, 6.45) is 2.22. The van der Waals surface area contributed by atoms with Crippen molar-refractivity contribution >= 4 is 5.97 Å². The zero-order chi connectivity index (χ0) is 8.55. The second-order valence-corrected chi connectivity index (χ2v) is 3.39. The molecule has 3 aliphatic rings. The summed E-state index contributed by atoms with van der Waals surface area (Å²) < 4.78 is 4.71. The molecule has 0 atom stereocenters. The molecule has 12 heavy (non-hydrogen) atoms. The predicted molar refractivity (Wildman–Crippen MR) is 43.9 cm³/mol. The third-order valence-corrected chi connectivity index (χ3v) is 2.71. The Kier molecular flexibility index (Phi) is 2.05. The first kappa shape index (κ1) is 8.05. The molecular weight excluding hydrogens is 154 g/mol. The molecule has 0 aromatic heterocycles. The fourth-order valence-corrected chi connectivity index (χ4v) is 1.98. The van der Waals surface area contributed by atoms with Crippen molar-refractivity contribution in [3.8, 4) is 0 Å². The van der Waals surface area contributed by atoms with Gasteiger partial charge in [-0.05, 0) is 31.8 Å². The molecule has 3 saturated heterocycles. The summed E-state index contributed by atoms with van der Waals surface area (Å²) in [5, 5.41) is 0. The number of carbonyl (C=O) groups is 1. The Hall–Kier alpha value is -0.570. The lowest BCUT2D eigenvalue weighted by Gasteiger charge is -2.42. The van der Waals surface area contributed by atoms with Crippen LogP contribution in [0.2, 0.25) is 0 Å². The van der Waals surface area contributed by atoms with E-state index in [9.17, 15) is 4.79 Å². The van der Waals surface area contributed by atoms with Gasteiger partial charge in [0, 0.05) is 6.54 Å². The van der Waals surface area contributed by atoms with Gasteiger partial charge in [-0.2, -0.15) is 0 Å². The van der Waals surface area contributed by atoms with Crippen LogP contribution < -0.4 is 0 Å². The number of fused-ring (bicyclic) bond motifs is 3. The molecule has 3 heterocycles. The number of carbonyl (C=O) groups excluding carboxylic acids is 1. The van der Waals surface area contributed by atoms with Crippen LogP contribution in [0.1, 0.15) is 12.8 Å². The Morgan fingerprint density at radius 3 is 2.67 bits per heavy atom. The SMILES string of the molecule is COC(=O)[C]1[CH]N2CCC1CC2. The van der Waals surface area contributed by atoms with Crippen molar-refractivity contribution in [1.29, 1.82) is 0 Å². The Balaban J connectivity index is 2.03. The van der Waals surface area contributed by atoms with Gasteiger partial charge in [0.1, 0.15) is 5.92 Å². The Morgan fingerprint density at radius 2 is 2.25 bits per heavy atom. The van der Waals surface area contributed by atoms with Crippen molar-refractivity contribution < 1.29 is 9.53 Å². The fourth-order valence-electron chi connectivity index (χ4n) is 1.98. The van der Waals surface area contributed by atoms with E-state index in [1.807, 2.05) is 6.54 Å². The standard InChI is InChI=1S/C9H13NO2/c1-12-9(11)8-6-10-4-2-7(8)3-5-10/h6-7H,2-5H2,1H3. The molecule has 0 aliphatic carbocycles. The van der Waals surface area contributed by atoms with Crippen LogP contribution in [0.25, 0.3) is 0 Å². The quantitative estimate of drug-likeness (QED) is 0.536. The number of nitrogens with zero attached hydrogens (tertiary/aromatic N) is 1. The average molecular weight is 167 g/mol. The van der Waals surface area contributed by atoms with Crippen LogP contribution in [0.5, 0.6) is 0 Å². The monoisotopic (exact) mass is 167 g/mol. The van der Waals surface area contributed by atoms with Gasteiger partial charge in [-0.25, -0.2) is 0 Å². The molecule has 3 aliphatic heterocycles. The summed E-state index contributed by atoms with van der Waals surface area (Å²) in [4.78, 5) is 13.4. The van der Waals surface area contributed by atoms with Gasteiger partial charge >= 0.3 is 5.97 Å². The van der Waals surface area contributed by atoms with Crippen LogP contribution in [0.3, 0.4) is 0 Å². The fraction of sp³-hybridized carbons (Fsp3) is 0.667. The molecule has 0 amide bonds. The maximum Gasteiger partial charge on any atom is 0.315 e.